The summed E-state index contributed by atoms with van der Waals surface area (Å²) in [5.74, 6) is -1.21. The lowest BCUT2D eigenvalue weighted by Gasteiger charge is -2.34. The van der Waals surface area contributed by atoms with E-state index in [0.717, 1.165) is 12.1 Å². The molecule has 1 fully saturated rings. The molecule has 0 atom stereocenters. The van der Waals surface area contributed by atoms with Crippen molar-refractivity contribution < 1.29 is 32.3 Å². The Morgan fingerprint density at radius 3 is 2.09 bits per heavy atom. The molecule has 170 valence electrons. The number of benzene rings is 2. The Balaban J connectivity index is 1.42. The van der Waals surface area contributed by atoms with Crippen LogP contribution >= 0.6 is 11.8 Å². The minimum absolute atomic E-state index is 0.0479. The van der Waals surface area contributed by atoms with Gasteiger partial charge in [-0.25, -0.2) is 9.59 Å². The summed E-state index contributed by atoms with van der Waals surface area (Å²) in [6, 6.07) is 13.5. The summed E-state index contributed by atoms with van der Waals surface area (Å²) < 4.78 is 42.1. The van der Waals surface area contributed by atoms with Gasteiger partial charge in [-0.15, -0.1) is 0 Å². The van der Waals surface area contributed by atoms with E-state index in [4.69, 9.17) is 4.74 Å². The fourth-order valence-corrected chi connectivity index (χ4v) is 3.52. The highest BCUT2D eigenvalue weighted by Gasteiger charge is 2.29. The molecule has 3 amide bonds. The Labute approximate surface area is 186 Å². The molecule has 7 nitrogen and oxygen atoms in total. The number of hydrogen-bond acceptors (Lipinski definition) is 5. The van der Waals surface area contributed by atoms with Gasteiger partial charge < -0.3 is 19.9 Å². The van der Waals surface area contributed by atoms with Gasteiger partial charge >= 0.3 is 17.5 Å². The van der Waals surface area contributed by atoms with Crippen LogP contribution < -0.4 is 5.32 Å². The Bertz CT molecular complexity index is 947. The molecule has 0 bridgehead atoms. The van der Waals surface area contributed by atoms with Crippen molar-refractivity contribution in [1.29, 1.82) is 0 Å². The maximum Gasteiger partial charge on any atom is 0.446 e. The third-order valence-electron chi connectivity index (χ3n) is 4.59. The van der Waals surface area contributed by atoms with Crippen molar-refractivity contribution in [1.82, 2.24) is 9.80 Å². The first kappa shape index (κ1) is 23.5. The molecule has 0 saturated carbocycles. The Kier molecular flexibility index (Phi) is 7.62. The van der Waals surface area contributed by atoms with Crippen LogP contribution in [0.2, 0.25) is 0 Å². The number of esters is 1. The van der Waals surface area contributed by atoms with E-state index < -0.39 is 24.0 Å². The van der Waals surface area contributed by atoms with Crippen molar-refractivity contribution >= 4 is 35.4 Å². The largest absolute Gasteiger partial charge is 0.452 e. The molecule has 1 heterocycles. The van der Waals surface area contributed by atoms with E-state index in [1.165, 1.54) is 17.0 Å². The summed E-state index contributed by atoms with van der Waals surface area (Å²) in [7, 11) is 0. The first-order valence-electron chi connectivity index (χ1n) is 9.63. The van der Waals surface area contributed by atoms with Gasteiger partial charge in [0.15, 0.2) is 6.61 Å². The summed E-state index contributed by atoms with van der Waals surface area (Å²) in [4.78, 5) is 39.7. The van der Waals surface area contributed by atoms with E-state index in [-0.39, 0.29) is 28.3 Å². The number of rotatable bonds is 5. The molecular weight excluding hydrogens is 447 g/mol. The quantitative estimate of drug-likeness (QED) is 0.534. The number of piperazine rings is 1. The minimum Gasteiger partial charge on any atom is -0.452 e. The number of anilines is 1. The zero-order valence-electron chi connectivity index (χ0n) is 16.8. The number of para-hydroxylation sites is 1. The van der Waals surface area contributed by atoms with Gasteiger partial charge in [-0.05, 0) is 48.2 Å². The van der Waals surface area contributed by atoms with Crippen LogP contribution in [0.5, 0.6) is 0 Å². The standard InChI is InChI=1S/C21H20F3N3O4S/c22-21(23,24)32-17-8-6-15(7-9-17)19(29)31-14-18(28)26-10-12-27(13-11-26)20(30)25-16-4-2-1-3-5-16/h1-9H,10-14H2,(H,25,30). The van der Waals surface area contributed by atoms with Gasteiger partial charge in [0.25, 0.3) is 5.91 Å². The number of carbonyl (C=O) groups is 3. The van der Waals surface area contributed by atoms with Crippen LogP contribution in [-0.2, 0) is 9.53 Å². The van der Waals surface area contributed by atoms with Crippen LogP contribution in [0.4, 0.5) is 23.7 Å². The molecule has 1 saturated heterocycles. The van der Waals surface area contributed by atoms with Gasteiger partial charge in [0.2, 0.25) is 0 Å². The van der Waals surface area contributed by atoms with Gasteiger partial charge in [-0.2, -0.15) is 13.2 Å². The minimum atomic E-state index is -4.42. The molecule has 2 aromatic carbocycles. The Hall–Kier alpha value is -3.21. The molecule has 0 unspecified atom stereocenters. The van der Waals surface area contributed by atoms with Gasteiger partial charge in [-0.1, -0.05) is 18.2 Å². The lowest BCUT2D eigenvalue weighted by atomic mass is 10.2. The van der Waals surface area contributed by atoms with Crippen molar-refractivity contribution in [3.8, 4) is 0 Å². The van der Waals surface area contributed by atoms with Gasteiger partial charge in [0, 0.05) is 36.8 Å². The fourth-order valence-electron chi connectivity index (χ4n) is 2.98. The molecule has 1 aliphatic heterocycles. The number of alkyl halides is 3. The summed E-state index contributed by atoms with van der Waals surface area (Å²) in [5.41, 5.74) is -3.69. The van der Waals surface area contributed by atoms with Crippen molar-refractivity contribution in [3.63, 3.8) is 0 Å². The number of nitrogens with one attached hydrogen (secondary N) is 1. The smallest absolute Gasteiger partial charge is 0.446 e. The number of hydrogen-bond donors (Lipinski definition) is 1. The zero-order chi connectivity index (χ0) is 23.1. The van der Waals surface area contributed by atoms with Crippen molar-refractivity contribution in [2.24, 2.45) is 0 Å². The van der Waals surface area contributed by atoms with Crippen molar-refractivity contribution in [3.05, 3.63) is 60.2 Å². The van der Waals surface area contributed by atoms with Gasteiger partial charge in [0.05, 0.1) is 5.56 Å². The molecule has 3 rings (SSSR count). The number of carbonyl (C=O) groups excluding carboxylic acids is 3. The predicted molar refractivity (Wildman–Crippen MR) is 112 cm³/mol. The van der Waals surface area contributed by atoms with Crippen LogP contribution in [0, 0.1) is 0 Å². The highest BCUT2D eigenvalue weighted by molar-refractivity contribution is 8.00. The molecule has 0 aromatic heterocycles. The molecule has 32 heavy (non-hydrogen) atoms. The first-order chi connectivity index (χ1) is 15.2. The number of urea groups is 1. The van der Waals surface area contributed by atoms with Crippen molar-refractivity contribution in [2.75, 3.05) is 38.1 Å². The number of ether oxygens (including phenoxy) is 1. The molecule has 0 spiro atoms. The lowest BCUT2D eigenvalue weighted by molar-refractivity contribution is -0.135. The molecule has 1 N–H and O–H groups in total. The van der Waals surface area contributed by atoms with Gasteiger partial charge in [0.1, 0.15) is 0 Å². The van der Waals surface area contributed by atoms with Crippen molar-refractivity contribution in [2.45, 2.75) is 10.4 Å². The highest BCUT2D eigenvalue weighted by Crippen LogP contribution is 2.36. The molecule has 0 aliphatic carbocycles. The average molecular weight is 467 g/mol. The maximum atomic E-state index is 12.4. The van der Waals surface area contributed by atoms with E-state index in [0.29, 0.717) is 31.9 Å². The normalized spacial score (nSPS) is 14.1. The lowest BCUT2D eigenvalue weighted by Crippen LogP contribution is -2.52. The second-order valence-corrected chi connectivity index (χ2v) is 7.95. The topological polar surface area (TPSA) is 79.0 Å². The molecule has 0 radical (unpaired) electrons. The number of amides is 3. The number of halogens is 3. The number of thioether (sulfide) groups is 1. The predicted octanol–water partition coefficient (Wildman–Crippen LogP) is 3.83. The third kappa shape index (κ3) is 6.91. The van der Waals surface area contributed by atoms with E-state index in [1.54, 1.807) is 17.0 Å². The van der Waals surface area contributed by atoms with Crippen LogP contribution in [0.25, 0.3) is 0 Å². The van der Waals surface area contributed by atoms with Gasteiger partial charge in [-0.3, -0.25) is 4.79 Å². The Morgan fingerprint density at radius 2 is 1.50 bits per heavy atom. The molecular formula is C21H20F3N3O4S. The zero-order valence-corrected chi connectivity index (χ0v) is 17.6. The third-order valence-corrected chi connectivity index (χ3v) is 5.33. The average Bonchev–Trinajstić information content (AvgIpc) is 2.77. The van der Waals surface area contributed by atoms with E-state index >= 15 is 0 Å². The molecule has 1 aliphatic rings. The Morgan fingerprint density at radius 1 is 0.906 bits per heavy atom. The van der Waals surface area contributed by atoms with Crippen LogP contribution in [0.15, 0.2) is 59.5 Å². The summed E-state index contributed by atoms with van der Waals surface area (Å²) in [6.45, 7) is 0.755. The number of nitrogens with zero attached hydrogens (tertiary/aromatic N) is 2. The SMILES string of the molecule is O=C(OCC(=O)N1CCN(C(=O)Nc2ccccc2)CC1)c1ccc(SC(F)(F)F)cc1. The van der Waals surface area contributed by atoms with E-state index in [9.17, 15) is 27.6 Å². The van der Waals surface area contributed by atoms with Crippen LogP contribution in [0.1, 0.15) is 10.4 Å². The van der Waals surface area contributed by atoms with Crippen LogP contribution in [-0.4, -0.2) is 66.0 Å². The summed E-state index contributed by atoms with van der Waals surface area (Å²) in [5, 5.41) is 2.78. The highest BCUT2D eigenvalue weighted by atomic mass is 32.2. The molecule has 11 heteroatoms. The monoisotopic (exact) mass is 467 g/mol. The second kappa shape index (κ2) is 10.4. The fraction of sp³-hybridized carbons (Fsp3) is 0.286. The summed E-state index contributed by atoms with van der Waals surface area (Å²) >= 11 is -0.285. The second-order valence-electron chi connectivity index (χ2n) is 6.81. The summed E-state index contributed by atoms with van der Waals surface area (Å²) in [6.07, 6.45) is 0. The van der Waals surface area contributed by atoms with E-state index in [1.807, 2.05) is 18.2 Å². The van der Waals surface area contributed by atoms with E-state index in [2.05, 4.69) is 5.32 Å². The first-order valence-corrected chi connectivity index (χ1v) is 10.4. The maximum absolute atomic E-state index is 12.4. The molecule has 2 aromatic rings. The van der Waals surface area contributed by atoms with Crippen LogP contribution in [0.3, 0.4) is 0 Å².